The van der Waals surface area contributed by atoms with Gasteiger partial charge < -0.3 is 4.90 Å². The molecule has 4 nitrogen and oxygen atoms in total. The Morgan fingerprint density at radius 1 is 1.06 bits per heavy atom. The van der Waals surface area contributed by atoms with E-state index in [1.165, 1.54) is 19.3 Å². The zero-order valence-electron chi connectivity index (χ0n) is 10.5. The van der Waals surface area contributed by atoms with Gasteiger partial charge >= 0.3 is 0 Å². The molecule has 104 valence electrons. The summed E-state index contributed by atoms with van der Waals surface area (Å²) in [7, 11) is 1.75. The number of carbonyl (C=O) groups excluding carboxylic acids is 1. The number of nitrogens with zero attached hydrogens (tertiary/aromatic N) is 1. The van der Waals surface area contributed by atoms with Crippen molar-refractivity contribution in [1.82, 2.24) is 4.90 Å². The maximum absolute atomic E-state index is 11.9. The molecule has 0 N–H and O–H groups in total. The summed E-state index contributed by atoms with van der Waals surface area (Å²) in [5.74, 6) is -0.0465. The van der Waals surface area contributed by atoms with E-state index in [-0.39, 0.29) is 24.9 Å². The minimum Gasteiger partial charge on any atom is -0.338 e. The molecule has 1 aliphatic heterocycles. The second-order valence-corrected chi connectivity index (χ2v) is 8.25. The van der Waals surface area contributed by atoms with Crippen LogP contribution in [-0.4, -0.2) is 37.1 Å². The predicted molar refractivity (Wildman–Crippen MR) is 71.0 cm³/mol. The molecule has 2 rings (SSSR count). The summed E-state index contributed by atoms with van der Waals surface area (Å²) in [6.07, 6.45) is 8.04. The summed E-state index contributed by atoms with van der Waals surface area (Å²) in [4.78, 5) is 13.7. The molecule has 0 radical (unpaired) electrons. The van der Waals surface area contributed by atoms with Crippen LogP contribution in [0.1, 0.15) is 51.4 Å². The van der Waals surface area contributed by atoms with E-state index in [1.807, 2.05) is 0 Å². The summed E-state index contributed by atoms with van der Waals surface area (Å²) in [6, 6.07) is 0.223. The molecule has 6 heteroatoms. The monoisotopic (exact) mass is 293 g/mol. The van der Waals surface area contributed by atoms with Gasteiger partial charge in [-0.2, -0.15) is 0 Å². The number of halogens is 1. The van der Waals surface area contributed by atoms with Crippen LogP contribution >= 0.6 is 10.7 Å². The summed E-state index contributed by atoms with van der Waals surface area (Å²) >= 11 is 0. The third-order valence-corrected chi connectivity index (χ3v) is 5.90. The standard InChI is InChI=1S/C12H20ClNO3S/c13-18(16,17)11-8-12(15)14(9-11)10-6-4-2-1-3-5-7-10/h10-11H,1-9H2. The zero-order valence-corrected chi connectivity index (χ0v) is 12.0. The first-order valence-corrected chi connectivity index (χ1v) is 9.08. The van der Waals surface area contributed by atoms with Crippen LogP contribution in [0.2, 0.25) is 0 Å². The molecule has 1 saturated carbocycles. The smallest absolute Gasteiger partial charge is 0.237 e. The van der Waals surface area contributed by atoms with E-state index < -0.39 is 14.3 Å². The first-order valence-electron chi connectivity index (χ1n) is 6.71. The molecule has 1 unspecified atom stereocenters. The van der Waals surface area contributed by atoms with Crippen molar-refractivity contribution in [3.8, 4) is 0 Å². The van der Waals surface area contributed by atoms with Crippen LogP contribution < -0.4 is 0 Å². The van der Waals surface area contributed by atoms with Crippen molar-refractivity contribution in [2.24, 2.45) is 0 Å². The van der Waals surface area contributed by atoms with Gasteiger partial charge in [0.25, 0.3) is 0 Å². The highest BCUT2D eigenvalue weighted by atomic mass is 35.7. The molecule has 2 aliphatic rings. The van der Waals surface area contributed by atoms with Crippen molar-refractivity contribution < 1.29 is 13.2 Å². The van der Waals surface area contributed by atoms with E-state index >= 15 is 0 Å². The van der Waals surface area contributed by atoms with Crippen molar-refractivity contribution in [3.63, 3.8) is 0 Å². The fourth-order valence-corrected chi connectivity index (χ4v) is 4.02. The number of hydrogen-bond acceptors (Lipinski definition) is 3. The molecule has 0 spiro atoms. The fourth-order valence-electron chi connectivity index (χ4n) is 2.99. The topological polar surface area (TPSA) is 54.5 Å². The minimum absolute atomic E-state index is 0.0465. The number of carbonyl (C=O) groups is 1. The maximum Gasteiger partial charge on any atom is 0.237 e. The van der Waals surface area contributed by atoms with Crippen molar-refractivity contribution >= 4 is 25.6 Å². The number of likely N-dealkylation sites (tertiary alicyclic amines) is 1. The Hall–Kier alpha value is -0.290. The molecule has 1 atom stereocenters. The van der Waals surface area contributed by atoms with Crippen LogP contribution in [0.4, 0.5) is 0 Å². The van der Waals surface area contributed by atoms with Crippen LogP contribution in [0.15, 0.2) is 0 Å². The van der Waals surface area contributed by atoms with E-state index in [1.54, 1.807) is 4.90 Å². The molecule has 1 saturated heterocycles. The first-order chi connectivity index (χ1) is 8.48. The average molecular weight is 294 g/mol. The van der Waals surface area contributed by atoms with E-state index in [2.05, 4.69) is 0 Å². The lowest BCUT2D eigenvalue weighted by atomic mass is 9.96. The van der Waals surface area contributed by atoms with E-state index in [9.17, 15) is 13.2 Å². The Labute approximate surface area is 113 Å². The highest BCUT2D eigenvalue weighted by Crippen LogP contribution is 2.28. The summed E-state index contributed by atoms with van der Waals surface area (Å²) in [5.41, 5.74) is 0. The molecule has 1 amide bonds. The molecule has 18 heavy (non-hydrogen) atoms. The first kappa shape index (κ1) is 14.1. The van der Waals surface area contributed by atoms with E-state index in [4.69, 9.17) is 10.7 Å². The van der Waals surface area contributed by atoms with Crippen molar-refractivity contribution in [2.45, 2.75) is 62.7 Å². The Morgan fingerprint density at radius 2 is 1.61 bits per heavy atom. The second kappa shape index (κ2) is 5.78. The van der Waals surface area contributed by atoms with Crippen LogP contribution in [0.25, 0.3) is 0 Å². The van der Waals surface area contributed by atoms with E-state index in [0.717, 1.165) is 25.7 Å². The second-order valence-electron chi connectivity index (χ2n) is 5.35. The highest BCUT2D eigenvalue weighted by Gasteiger charge is 2.39. The summed E-state index contributed by atoms with van der Waals surface area (Å²) in [5, 5.41) is -0.711. The molecule has 0 aromatic heterocycles. The summed E-state index contributed by atoms with van der Waals surface area (Å²) < 4.78 is 22.6. The Bertz CT molecular complexity index is 402. The molecule has 1 heterocycles. The van der Waals surface area contributed by atoms with Gasteiger partial charge in [0.1, 0.15) is 5.25 Å². The van der Waals surface area contributed by atoms with Gasteiger partial charge in [0.05, 0.1) is 0 Å². The van der Waals surface area contributed by atoms with Gasteiger partial charge in [-0.15, -0.1) is 0 Å². The lowest BCUT2D eigenvalue weighted by Gasteiger charge is -2.29. The maximum atomic E-state index is 11.9. The largest absolute Gasteiger partial charge is 0.338 e. The quantitative estimate of drug-likeness (QED) is 0.734. The van der Waals surface area contributed by atoms with Gasteiger partial charge in [0, 0.05) is 29.7 Å². The average Bonchev–Trinajstić information content (AvgIpc) is 2.59. The lowest BCUT2D eigenvalue weighted by Crippen LogP contribution is -2.37. The molecule has 0 bridgehead atoms. The van der Waals surface area contributed by atoms with E-state index in [0.29, 0.717) is 0 Å². The van der Waals surface area contributed by atoms with Gasteiger partial charge in [0.2, 0.25) is 15.0 Å². The Kier molecular flexibility index (Phi) is 4.54. The third kappa shape index (κ3) is 3.38. The molecule has 0 aromatic rings. The third-order valence-electron chi connectivity index (χ3n) is 4.04. The van der Waals surface area contributed by atoms with Gasteiger partial charge in [-0.1, -0.05) is 32.1 Å². The van der Waals surface area contributed by atoms with Gasteiger partial charge in [-0.25, -0.2) is 8.42 Å². The molecular formula is C12H20ClNO3S. The van der Waals surface area contributed by atoms with Crippen LogP contribution in [0.5, 0.6) is 0 Å². The Balaban J connectivity index is 2.01. The van der Waals surface area contributed by atoms with Crippen molar-refractivity contribution in [1.29, 1.82) is 0 Å². The highest BCUT2D eigenvalue weighted by molar-refractivity contribution is 8.14. The van der Waals surface area contributed by atoms with Gasteiger partial charge in [-0.3, -0.25) is 4.79 Å². The van der Waals surface area contributed by atoms with Crippen molar-refractivity contribution in [2.75, 3.05) is 6.54 Å². The van der Waals surface area contributed by atoms with Gasteiger partial charge in [-0.05, 0) is 12.8 Å². The van der Waals surface area contributed by atoms with Crippen LogP contribution in [0.3, 0.4) is 0 Å². The zero-order chi connectivity index (χ0) is 13.2. The van der Waals surface area contributed by atoms with Crippen LogP contribution in [0, 0.1) is 0 Å². The predicted octanol–water partition coefficient (Wildman–Crippen LogP) is 2.27. The molecule has 1 aliphatic carbocycles. The SMILES string of the molecule is O=C1CC(S(=O)(=O)Cl)CN1C1CCCCCCC1. The normalized spacial score (nSPS) is 28.2. The Morgan fingerprint density at radius 3 is 2.11 bits per heavy atom. The number of amides is 1. The molecule has 2 fully saturated rings. The molecular weight excluding hydrogens is 274 g/mol. The fraction of sp³-hybridized carbons (Fsp3) is 0.917. The lowest BCUT2D eigenvalue weighted by molar-refractivity contribution is -0.130. The number of hydrogen-bond donors (Lipinski definition) is 0. The number of rotatable bonds is 2. The summed E-state index contributed by atoms with van der Waals surface area (Å²) in [6.45, 7) is 0.287. The minimum atomic E-state index is -3.61. The van der Waals surface area contributed by atoms with Gasteiger partial charge in [0.15, 0.2) is 0 Å². The van der Waals surface area contributed by atoms with Crippen molar-refractivity contribution in [3.05, 3.63) is 0 Å². The molecule has 0 aromatic carbocycles. The van der Waals surface area contributed by atoms with Crippen LogP contribution in [-0.2, 0) is 13.8 Å².